The number of aromatic nitrogens is 2. The summed E-state index contributed by atoms with van der Waals surface area (Å²) in [6.45, 7) is 2.01. The smallest absolute Gasteiger partial charge is 0.315 e. The van der Waals surface area contributed by atoms with E-state index in [0.29, 0.717) is 5.02 Å². The summed E-state index contributed by atoms with van der Waals surface area (Å²) in [6.07, 6.45) is 5.37. The van der Waals surface area contributed by atoms with Gasteiger partial charge in [-0.1, -0.05) is 54.1 Å². The molecule has 0 unspecified atom stereocenters. The van der Waals surface area contributed by atoms with Crippen LogP contribution in [0.15, 0.2) is 67.0 Å². The van der Waals surface area contributed by atoms with E-state index in [1.54, 1.807) is 6.20 Å². The van der Waals surface area contributed by atoms with Crippen molar-refractivity contribution in [2.24, 2.45) is 7.05 Å². The van der Waals surface area contributed by atoms with Crippen LogP contribution in [-0.2, 0) is 13.5 Å². The fraction of sp³-hybridized carbons (Fsp3) is 0.273. The number of rotatable bonds is 7. The molecule has 3 rings (SSSR count). The molecule has 0 fully saturated rings. The van der Waals surface area contributed by atoms with E-state index >= 15 is 0 Å². The molecule has 6 heteroatoms. The van der Waals surface area contributed by atoms with E-state index in [1.807, 2.05) is 67.2 Å². The van der Waals surface area contributed by atoms with Crippen molar-refractivity contribution >= 4 is 17.6 Å². The van der Waals surface area contributed by atoms with Gasteiger partial charge in [0.25, 0.3) is 0 Å². The molecule has 146 valence electrons. The van der Waals surface area contributed by atoms with E-state index in [1.165, 1.54) is 5.56 Å². The molecule has 2 amide bonds. The van der Waals surface area contributed by atoms with Gasteiger partial charge in [-0.15, -0.1) is 0 Å². The number of carbonyl (C=O) groups is 1. The molecule has 0 spiro atoms. The number of aryl methyl sites for hydroxylation is 2. The van der Waals surface area contributed by atoms with Crippen molar-refractivity contribution in [1.29, 1.82) is 0 Å². The highest BCUT2D eigenvalue weighted by Gasteiger charge is 2.21. The Kier molecular flexibility index (Phi) is 6.71. The van der Waals surface area contributed by atoms with Gasteiger partial charge in [-0.05, 0) is 43.0 Å². The van der Waals surface area contributed by atoms with Crippen LogP contribution in [-0.4, -0.2) is 21.6 Å². The van der Waals surface area contributed by atoms with Crippen LogP contribution in [0, 0.1) is 0 Å². The zero-order valence-corrected chi connectivity index (χ0v) is 16.9. The first-order chi connectivity index (χ1) is 13.5. The minimum absolute atomic E-state index is 0.0486. The second-order valence-corrected chi connectivity index (χ2v) is 7.36. The van der Waals surface area contributed by atoms with Gasteiger partial charge in [-0.25, -0.2) is 9.78 Å². The minimum atomic E-state index is -0.362. The molecule has 0 aliphatic rings. The summed E-state index contributed by atoms with van der Waals surface area (Å²) in [7, 11) is 1.91. The lowest BCUT2D eigenvalue weighted by Crippen LogP contribution is -2.43. The van der Waals surface area contributed by atoms with Crippen LogP contribution in [0.3, 0.4) is 0 Å². The average molecular weight is 397 g/mol. The minimum Gasteiger partial charge on any atom is -0.336 e. The number of nitrogens with one attached hydrogen (secondary N) is 2. The average Bonchev–Trinajstić information content (AvgIpc) is 3.12. The van der Waals surface area contributed by atoms with Crippen molar-refractivity contribution in [3.8, 4) is 0 Å². The van der Waals surface area contributed by atoms with Crippen LogP contribution in [0.25, 0.3) is 0 Å². The number of imidazole rings is 1. The molecule has 28 heavy (non-hydrogen) atoms. The Labute approximate surface area is 170 Å². The maximum absolute atomic E-state index is 12.6. The lowest BCUT2D eigenvalue weighted by atomic mass is 10.1. The van der Waals surface area contributed by atoms with E-state index in [0.717, 1.165) is 24.2 Å². The summed E-state index contributed by atoms with van der Waals surface area (Å²) in [4.78, 5) is 17.0. The van der Waals surface area contributed by atoms with Gasteiger partial charge in [-0.2, -0.15) is 0 Å². The standard InChI is InChI=1S/C22H25ClN4O/c1-16(8-9-17-6-4-3-5-7-17)25-22(28)26-20(21-24-14-15-27(21)2)18-10-12-19(23)13-11-18/h3-7,10-16,20H,8-9H2,1-2H3,(H2,25,26,28)/t16-,20-/m1/s1. The van der Waals surface area contributed by atoms with E-state index in [2.05, 4.69) is 27.8 Å². The van der Waals surface area contributed by atoms with Crippen molar-refractivity contribution in [1.82, 2.24) is 20.2 Å². The van der Waals surface area contributed by atoms with Crippen molar-refractivity contribution in [3.63, 3.8) is 0 Å². The first-order valence-corrected chi connectivity index (χ1v) is 9.74. The van der Waals surface area contributed by atoms with Crippen LogP contribution < -0.4 is 10.6 Å². The van der Waals surface area contributed by atoms with Gasteiger partial charge >= 0.3 is 6.03 Å². The molecule has 1 aromatic heterocycles. The van der Waals surface area contributed by atoms with Crippen LogP contribution in [0.5, 0.6) is 0 Å². The van der Waals surface area contributed by atoms with Crippen molar-refractivity contribution in [3.05, 3.63) is 89.0 Å². The highest BCUT2D eigenvalue weighted by atomic mass is 35.5. The Morgan fingerprint density at radius 2 is 1.82 bits per heavy atom. The molecular weight excluding hydrogens is 372 g/mol. The highest BCUT2D eigenvalue weighted by Crippen LogP contribution is 2.22. The number of benzene rings is 2. The molecule has 0 radical (unpaired) electrons. The molecule has 0 saturated carbocycles. The predicted molar refractivity (Wildman–Crippen MR) is 112 cm³/mol. The zero-order valence-electron chi connectivity index (χ0n) is 16.1. The molecule has 2 aromatic carbocycles. The Morgan fingerprint density at radius 1 is 1.11 bits per heavy atom. The number of urea groups is 1. The highest BCUT2D eigenvalue weighted by molar-refractivity contribution is 6.30. The summed E-state index contributed by atoms with van der Waals surface area (Å²) in [6, 6.07) is 17.2. The fourth-order valence-electron chi connectivity index (χ4n) is 3.10. The van der Waals surface area contributed by atoms with Crippen LogP contribution in [0.1, 0.15) is 36.3 Å². The molecule has 0 aliphatic carbocycles. The zero-order chi connectivity index (χ0) is 19.9. The van der Waals surface area contributed by atoms with Gasteiger partial charge in [0.15, 0.2) is 0 Å². The van der Waals surface area contributed by atoms with Gasteiger partial charge in [0, 0.05) is 30.5 Å². The van der Waals surface area contributed by atoms with Gasteiger partial charge in [-0.3, -0.25) is 0 Å². The number of halogens is 1. The molecule has 0 bridgehead atoms. The molecule has 3 aromatic rings. The lowest BCUT2D eigenvalue weighted by molar-refractivity contribution is 0.234. The van der Waals surface area contributed by atoms with Gasteiger partial charge in [0.05, 0.1) is 0 Å². The third kappa shape index (κ3) is 5.36. The fourth-order valence-corrected chi connectivity index (χ4v) is 3.23. The first-order valence-electron chi connectivity index (χ1n) is 9.36. The summed E-state index contributed by atoms with van der Waals surface area (Å²) >= 11 is 6.01. The lowest BCUT2D eigenvalue weighted by Gasteiger charge is -2.21. The molecule has 5 nitrogen and oxygen atoms in total. The van der Waals surface area contributed by atoms with E-state index in [4.69, 9.17) is 11.6 Å². The molecule has 2 N–H and O–H groups in total. The molecule has 1 heterocycles. The molecule has 0 saturated heterocycles. The molecule has 0 aliphatic heterocycles. The topological polar surface area (TPSA) is 59.0 Å². The third-order valence-electron chi connectivity index (χ3n) is 4.68. The van der Waals surface area contributed by atoms with Gasteiger partial charge < -0.3 is 15.2 Å². The van der Waals surface area contributed by atoms with Crippen molar-refractivity contribution < 1.29 is 4.79 Å². The van der Waals surface area contributed by atoms with E-state index in [9.17, 15) is 4.79 Å². The van der Waals surface area contributed by atoms with Crippen LogP contribution >= 0.6 is 11.6 Å². The van der Waals surface area contributed by atoms with Crippen LogP contribution in [0.2, 0.25) is 5.02 Å². The summed E-state index contributed by atoms with van der Waals surface area (Å²) in [5, 5.41) is 6.73. The number of hydrogen-bond acceptors (Lipinski definition) is 2. The summed E-state index contributed by atoms with van der Waals surface area (Å²) in [5.74, 6) is 0.759. The van der Waals surface area contributed by atoms with Crippen molar-refractivity contribution in [2.75, 3.05) is 0 Å². The van der Waals surface area contributed by atoms with E-state index in [-0.39, 0.29) is 18.1 Å². The van der Waals surface area contributed by atoms with E-state index < -0.39 is 0 Å². The van der Waals surface area contributed by atoms with Crippen LogP contribution in [0.4, 0.5) is 4.79 Å². The Bertz CT molecular complexity index is 892. The number of hydrogen-bond donors (Lipinski definition) is 2. The maximum atomic E-state index is 12.6. The largest absolute Gasteiger partial charge is 0.336 e. The third-order valence-corrected chi connectivity index (χ3v) is 4.93. The summed E-state index contributed by atoms with van der Waals surface area (Å²) in [5.41, 5.74) is 2.19. The normalized spacial score (nSPS) is 13.0. The molecule has 2 atom stereocenters. The van der Waals surface area contributed by atoms with Crippen molar-refractivity contribution in [2.45, 2.75) is 31.8 Å². The SMILES string of the molecule is C[C@H](CCc1ccccc1)NC(=O)N[C@H](c1ccc(Cl)cc1)c1nccn1C. The number of carbonyl (C=O) groups excluding carboxylic acids is 1. The Morgan fingerprint density at radius 3 is 2.46 bits per heavy atom. The Hall–Kier alpha value is -2.79. The Balaban J connectivity index is 1.64. The number of nitrogens with zero attached hydrogens (tertiary/aromatic N) is 2. The second-order valence-electron chi connectivity index (χ2n) is 6.92. The number of amides is 2. The monoisotopic (exact) mass is 396 g/mol. The van der Waals surface area contributed by atoms with Gasteiger partial charge in [0.2, 0.25) is 0 Å². The molecular formula is C22H25ClN4O. The van der Waals surface area contributed by atoms with Gasteiger partial charge in [0.1, 0.15) is 11.9 Å². The predicted octanol–water partition coefficient (Wildman–Crippen LogP) is 4.48. The first kappa shape index (κ1) is 20.0. The quantitative estimate of drug-likeness (QED) is 0.618. The maximum Gasteiger partial charge on any atom is 0.315 e. The summed E-state index contributed by atoms with van der Waals surface area (Å²) < 4.78 is 1.90. The second kappa shape index (κ2) is 9.42.